The number of carbonyl (C=O) groups is 1. The lowest BCUT2D eigenvalue weighted by Gasteiger charge is -2.33. The highest BCUT2D eigenvalue weighted by Crippen LogP contribution is 2.24. The van der Waals surface area contributed by atoms with Crippen LogP contribution >= 0.6 is 0 Å². The Labute approximate surface area is 145 Å². The number of amides is 1. The monoisotopic (exact) mass is 343 g/mol. The number of likely N-dealkylation sites (tertiary alicyclic amines) is 1. The lowest BCUT2D eigenvalue weighted by atomic mass is 10.1. The Morgan fingerprint density at radius 1 is 1.36 bits per heavy atom. The third kappa shape index (κ3) is 3.78. The lowest BCUT2D eigenvalue weighted by Crippen LogP contribution is -2.45. The second-order valence-corrected chi connectivity index (χ2v) is 6.13. The van der Waals surface area contributed by atoms with Crippen molar-refractivity contribution in [3.8, 4) is 5.88 Å². The predicted octanol–water partition coefficient (Wildman–Crippen LogP) is 0.914. The van der Waals surface area contributed by atoms with Gasteiger partial charge in [-0.1, -0.05) is 0 Å². The highest BCUT2D eigenvalue weighted by molar-refractivity contribution is 5.93. The Morgan fingerprint density at radius 3 is 2.92 bits per heavy atom. The maximum absolute atomic E-state index is 12.6. The number of nitrogens with one attached hydrogen (secondary N) is 1. The van der Waals surface area contributed by atoms with Gasteiger partial charge in [-0.2, -0.15) is 0 Å². The number of hydrogen-bond donors (Lipinski definition) is 1. The van der Waals surface area contributed by atoms with Crippen LogP contribution < -0.4 is 15.2 Å². The Kier molecular flexibility index (Phi) is 4.97. The van der Waals surface area contributed by atoms with E-state index < -0.39 is 0 Å². The molecule has 0 spiro atoms. The van der Waals surface area contributed by atoms with E-state index >= 15 is 0 Å². The molecule has 1 atom stereocenters. The summed E-state index contributed by atoms with van der Waals surface area (Å²) in [6, 6.07) is 3.19. The van der Waals surface area contributed by atoms with Gasteiger partial charge < -0.3 is 19.5 Å². The third-order valence-electron chi connectivity index (χ3n) is 4.06. The first-order valence-electron chi connectivity index (χ1n) is 8.18. The number of H-pyrrole nitrogens is 1. The molecular formula is C17H21N5O3. The maximum atomic E-state index is 12.6. The van der Waals surface area contributed by atoms with Crippen molar-refractivity contribution in [1.29, 1.82) is 0 Å². The molecule has 1 amide bonds. The van der Waals surface area contributed by atoms with Gasteiger partial charge in [-0.15, -0.1) is 0 Å². The van der Waals surface area contributed by atoms with Gasteiger partial charge in [0.15, 0.2) is 5.82 Å². The summed E-state index contributed by atoms with van der Waals surface area (Å²) >= 11 is 0. The van der Waals surface area contributed by atoms with Crippen molar-refractivity contribution in [2.75, 3.05) is 32.1 Å². The Morgan fingerprint density at radius 2 is 2.16 bits per heavy atom. The molecule has 0 aliphatic carbocycles. The molecule has 3 rings (SSSR count). The highest BCUT2D eigenvalue weighted by atomic mass is 16.5. The van der Waals surface area contributed by atoms with Crippen LogP contribution in [0.1, 0.15) is 23.2 Å². The minimum atomic E-state index is -0.376. The highest BCUT2D eigenvalue weighted by Gasteiger charge is 2.28. The number of carbonyl (C=O) groups excluding carboxylic acids is 1. The molecule has 132 valence electrons. The molecule has 1 saturated heterocycles. The van der Waals surface area contributed by atoms with Crippen molar-refractivity contribution in [3.05, 3.63) is 46.6 Å². The van der Waals surface area contributed by atoms with E-state index in [2.05, 4.69) is 15.0 Å². The number of hydrogen-bond acceptors (Lipinski definition) is 6. The maximum Gasteiger partial charge on any atom is 0.260 e. The van der Waals surface area contributed by atoms with E-state index in [4.69, 9.17) is 4.74 Å². The quantitative estimate of drug-likeness (QED) is 0.887. The van der Waals surface area contributed by atoms with Gasteiger partial charge in [0.25, 0.3) is 17.3 Å². The average molecular weight is 343 g/mol. The fraction of sp³-hybridized carbons (Fsp3) is 0.412. The zero-order valence-corrected chi connectivity index (χ0v) is 14.3. The van der Waals surface area contributed by atoms with Crippen LogP contribution in [0.2, 0.25) is 0 Å². The molecular weight excluding hydrogens is 322 g/mol. The topological polar surface area (TPSA) is 91.4 Å². The van der Waals surface area contributed by atoms with Crippen molar-refractivity contribution < 1.29 is 9.53 Å². The zero-order valence-electron chi connectivity index (χ0n) is 14.3. The van der Waals surface area contributed by atoms with Crippen molar-refractivity contribution in [2.24, 2.45) is 0 Å². The molecule has 1 aliphatic heterocycles. The van der Waals surface area contributed by atoms with Crippen LogP contribution in [0, 0.1) is 0 Å². The summed E-state index contributed by atoms with van der Waals surface area (Å²) in [5.41, 5.74) is -0.226. The molecule has 8 heteroatoms. The predicted molar refractivity (Wildman–Crippen MR) is 93.0 cm³/mol. The van der Waals surface area contributed by atoms with Gasteiger partial charge >= 0.3 is 0 Å². The molecule has 1 aliphatic rings. The van der Waals surface area contributed by atoms with E-state index in [0.717, 1.165) is 12.8 Å². The number of rotatable bonds is 4. The molecule has 0 radical (unpaired) electrons. The molecule has 2 aromatic heterocycles. The normalized spacial score (nSPS) is 17.2. The van der Waals surface area contributed by atoms with Crippen molar-refractivity contribution in [2.45, 2.75) is 18.9 Å². The second kappa shape index (κ2) is 7.33. The summed E-state index contributed by atoms with van der Waals surface area (Å²) in [4.78, 5) is 39.0. The van der Waals surface area contributed by atoms with Crippen molar-refractivity contribution >= 4 is 11.7 Å². The second-order valence-electron chi connectivity index (χ2n) is 6.13. The van der Waals surface area contributed by atoms with E-state index in [9.17, 15) is 9.59 Å². The van der Waals surface area contributed by atoms with Crippen LogP contribution in [-0.2, 0) is 0 Å². The number of aromatic nitrogens is 3. The summed E-state index contributed by atoms with van der Waals surface area (Å²) in [6.45, 7) is 1.02. The summed E-state index contributed by atoms with van der Waals surface area (Å²) in [5, 5.41) is 0. The van der Waals surface area contributed by atoms with E-state index in [1.807, 2.05) is 19.0 Å². The van der Waals surface area contributed by atoms with Gasteiger partial charge in [-0.25, -0.2) is 9.97 Å². The lowest BCUT2D eigenvalue weighted by molar-refractivity contribution is 0.0526. The molecule has 1 N–H and O–H groups in total. The largest absolute Gasteiger partial charge is 0.470 e. The number of aromatic amines is 1. The minimum absolute atomic E-state index is 0.150. The molecule has 25 heavy (non-hydrogen) atoms. The molecule has 3 heterocycles. The van der Waals surface area contributed by atoms with Gasteiger partial charge in [0.05, 0.1) is 6.54 Å². The van der Waals surface area contributed by atoms with Crippen molar-refractivity contribution in [3.63, 3.8) is 0 Å². The third-order valence-corrected chi connectivity index (χ3v) is 4.06. The minimum Gasteiger partial charge on any atom is -0.470 e. The van der Waals surface area contributed by atoms with Crippen LogP contribution in [0.3, 0.4) is 0 Å². The van der Waals surface area contributed by atoms with Crippen LogP contribution in [0.4, 0.5) is 5.82 Å². The van der Waals surface area contributed by atoms with E-state index in [-0.39, 0.29) is 23.1 Å². The smallest absolute Gasteiger partial charge is 0.260 e. The van der Waals surface area contributed by atoms with Gasteiger partial charge in [0.2, 0.25) is 0 Å². The number of anilines is 1. The molecule has 2 aromatic rings. The van der Waals surface area contributed by atoms with Crippen molar-refractivity contribution in [1.82, 2.24) is 19.9 Å². The molecule has 1 fully saturated rings. The number of nitrogens with zero attached hydrogens (tertiary/aromatic N) is 4. The molecule has 0 bridgehead atoms. The number of piperidine rings is 1. The average Bonchev–Trinajstić information content (AvgIpc) is 2.62. The summed E-state index contributed by atoms with van der Waals surface area (Å²) in [6.07, 6.45) is 6.14. The molecule has 0 aromatic carbocycles. The van der Waals surface area contributed by atoms with Gasteiger partial charge in [-0.05, 0) is 25.0 Å². The van der Waals surface area contributed by atoms with E-state index in [1.54, 1.807) is 29.4 Å². The van der Waals surface area contributed by atoms with Gasteiger partial charge in [0.1, 0.15) is 11.7 Å². The van der Waals surface area contributed by atoms with Crippen LogP contribution in [0.25, 0.3) is 0 Å². The Bertz CT molecular complexity index is 805. The fourth-order valence-electron chi connectivity index (χ4n) is 2.84. The standard InChI is InChI=1S/C17H21N5O3/c1-21(2)14-16(20-9-8-18-14)25-12-5-4-10-22(11-12)17(24)13-6-3-7-19-15(13)23/h3,6-9,12H,4-5,10-11H2,1-2H3,(H,19,23). The van der Waals surface area contributed by atoms with Crippen LogP contribution in [-0.4, -0.2) is 59.0 Å². The summed E-state index contributed by atoms with van der Waals surface area (Å²) in [5.74, 6) is 0.817. The Hall–Kier alpha value is -2.90. The first kappa shape index (κ1) is 16.9. The molecule has 8 nitrogen and oxygen atoms in total. The molecule has 0 saturated carbocycles. The fourth-order valence-corrected chi connectivity index (χ4v) is 2.84. The van der Waals surface area contributed by atoms with Crippen LogP contribution in [0.15, 0.2) is 35.5 Å². The first-order valence-corrected chi connectivity index (χ1v) is 8.18. The van der Waals surface area contributed by atoms with Gasteiger partial charge in [0, 0.05) is 39.2 Å². The van der Waals surface area contributed by atoms with Crippen LogP contribution in [0.5, 0.6) is 5.88 Å². The van der Waals surface area contributed by atoms with E-state index in [1.165, 1.54) is 6.20 Å². The summed E-state index contributed by atoms with van der Waals surface area (Å²) < 4.78 is 6.00. The SMILES string of the molecule is CN(C)c1nccnc1OC1CCCN(C(=O)c2ccc[nH]c2=O)C1. The Balaban J connectivity index is 1.73. The number of ether oxygens (including phenoxy) is 1. The number of pyridine rings is 1. The molecule has 1 unspecified atom stereocenters. The van der Waals surface area contributed by atoms with Gasteiger partial charge in [-0.3, -0.25) is 9.59 Å². The zero-order chi connectivity index (χ0) is 17.8. The van der Waals surface area contributed by atoms with E-state index in [0.29, 0.717) is 24.8 Å². The first-order chi connectivity index (χ1) is 12.1. The summed E-state index contributed by atoms with van der Waals surface area (Å²) in [7, 11) is 3.74.